The number of aryl methyl sites for hydroxylation is 1. The van der Waals surface area contributed by atoms with Crippen molar-refractivity contribution < 1.29 is 4.42 Å². The second-order valence-corrected chi connectivity index (χ2v) is 5.52. The largest absolute Gasteiger partial charge is 0.460 e. The molecule has 92 valence electrons. The smallest absolute Gasteiger partial charge is 0.134 e. The van der Waals surface area contributed by atoms with Crippen molar-refractivity contribution in [3.63, 3.8) is 0 Å². The van der Waals surface area contributed by atoms with Gasteiger partial charge in [-0.25, -0.2) is 4.98 Å². The zero-order valence-corrected chi connectivity index (χ0v) is 11.0. The number of benzene rings is 1. The lowest BCUT2D eigenvalue weighted by atomic mass is 10.2. The van der Waals surface area contributed by atoms with Crippen LogP contribution in [0.5, 0.6) is 0 Å². The zero-order valence-electron chi connectivity index (χ0n) is 10.1. The molecule has 0 bridgehead atoms. The lowest BCUT2D eigenvalue weighted by molar-refractivity contribution is 0.514. The number of nitrogens with zero attached hydrogens (tertiary/aromatic N) is 1. The molecule has 0 aliphatic rings. The van der Waals surface area contributed by atoms with Gasteiger partial charge < -0.3 is 9.73 Å². The maximum atomic E-state index is 5.74. The van der Waals surface area contributed by atoms with Gasteiger partial charge in [-0.2, -0.15) is 0 Å². The Bertz CT molecular complexity index is 623. The van der Waals surface area contributed by atoms with Gasteiger partial charge in [-0.05, 0) is 19.1 Å². The molecule has 0 amide bonds. The van der Waals surface area contributed by atoms with Crippen molar-refractivity contribution in [2.75, 3.05) is 0 Å². The van der Waals surface area contributed by atoms with Gasteiger partial charge in [0.05, 0.1) is 11.6 Å². The number of furan rings is 1. The Morgan fingerprint density at radius 3 is 2.94 bits per heavy atom. The van der Waals surface area contributed by atoms with Crippen molar-refractivity contribution in [1.82, 2.24) is 10.3 Å². The molecule has 2 aromatic heterocycles. The minimum atomic E-state index is 0.742. The van der Waals surface area contributed by atoms with Crippen molar-refractivity contribution in [3.05, 3.63) is 52.2 Å². The van der Waals surface area contributed by atoms with E-state index in [-0.39, 0.29) is 0 Å². The fourth-order valence-electron chi connectivity index (χ4n) is 1.92. The molecule has 2 heterocycles. The highest BCUT2D eigenvalue weighted by Gasteiger charge is 2.03. The van der Waals surface area contributed by atoms with Crippen LogP contribution in [0.1, 0.15) is 15.6 Å². The number of para-hydroxylation sites is 1. The van der Waals surface area contributed by atoms with E-state index < -0.39 is 0 Å². The Hall–Kier alpha value is -1.65. The van der Waals surface area contributed by atoms with E-state index in [1.54, 1.807) is 11.3 Å². The van der Waals surface area contributed by atoms with Crippen molar-refractivity contribution >= 4 is 22.3 Å². The van der Waals surface area contributed by atoms with Crippen molar-refractivity contribution in [3.8, 4) is 0 Å². The standard InChI is InChI=1S/C14H14N2OS/c1-10-16-9-13(18-10)8-15-7-12-6-11-4-2-3-5-14(11)17-12/h2-6,9,15H,7-8H2,1H3. The molecule has 0 aliphatic carbocycles. The van der Waals surface area contributed by atoms with Crippen LogP contribution in [0.15, 0.2) is 40.9 Å². The first-order valence-electron chi connectivity index (χ1n) is 5.91. The highest BCUT2D eigenvalue weighted by molar-refractivity contribution is 7.11. The second kappa shape index (κ2) is 4.92. The van der Waals surface area contributed by atoms with Gasteiger partial charge in [-0.3, -0.25) is 0 Å². The molecule has 0 radical (unpaired) electrons. The van der Waals surface area contributed by atoms with E-state index in [1.165, 1.54) is 4.88 Å². The molecular weight excluding hydrogens is 244 g/mol. The van der Waals surface area contributed by atoms with Crippen LogP contribution < -0.4 is 5.32 Å². The summed E-state index contributed by atoms with van der Waals surface area (Å²) in [4.78, 5) is 5.49. The molecule has 3 rings (SSSR count). The third-order valence-electron chi connectivity index (χ3n) is 2.74. The average molecular weight is 258 g/mol. The molecule has 1 aromatic carbocycles. The van der Waals surface area contributed by atoms with Crippen LogP contribution in [0.4, 0.5) is 0 Å². The van der Waals surface area contributed by atoms with E-state index in [0.29, 0.717) is 0 Å². The summed E-state index contributed by atoms with van der Waals surface area (Å²) in [5, 5.41) is 5.63. The molecule has 0 spiro atoms. The molecule has 0 saturated carbocycles. The van der Waals surface area contributed by atoms with Gasteiger partial charge >= 0.3 is 0 Å². The first-order valence-corrected chi connectivity index (χ1v) is 6.72. The second-order valence-electron chi connectivity index (χ2n) is 4.20. The molecule has 0 fully saturated rings. The number of hydrogen-bond acceptors (Lipinski definition) is 4. The van der Waals surface area contributed by atoms with Gasteiger partial charge in [-0.15, -0.1) is 11.3 Å². The van der Waals surface area contributed by atoms with Crippen LogP contribution in [0.2, 0.25) is 0 Å². The molecule has 4 heteroatoms. The topological polar surface area (TPSA) is 38.1 Å². The average Bonchev–Trinajstić information content (AvgIpc) is 2.95. The summed E-state index contributed by atoms with van der Waals surface area (Å²) < 4.78 is 5.74. The van der Waals surface area contributed by atoms with E-state index in [1.807, 2.05) is 31.3 Å². The van der Waals surface area contributed by atoms with E-state index in [9.17, 15) is 0 Å². The molecule has 3 nitrogen and oxygen atoms in total. The summed E-state index contributed by atoms with van der Waals surface area (Å²) in [7, 11) is 0. The third-order valence-corrected chi connectivity index (χ3v) is 3.66. The molecule has 0 aliphatic heterocycles. The minimum Gasteiger partial charge on any atom is -0.460 e. The minimum absolute atomic E-state index is 0.742. The normalized spacial score (nSPS) is 11.2. The predicted molar refractivity (Wildman–Crippen MR) is 73.6 cm³/mol. The Balaban J connectivity index is 1.62. The van der Waals surface area contributed by atoms with Gasteiger partial charge in [0, 0.05) is 23.0 Å². The first-order chi connectivity index (χ1) is 8.81. The number of fused-ring (bicyclic) bond motifs is 1. The van der Waals surface area contributed by atoms with Crippen LogP contribution in [-0.2, 0) is 13.1 Å². The van der Waals surface area contributed by atoms with E-state index in [2.05, 4.69) is 22.4 Å². The monoisotopic (exact) mass is 258 g/mol. The van der Waals surface area contributed by atoms with Gasteiger partial charge in [0.1, 0.15) is 11.3 Å². The first kappa shape index (κ1) is 11.4. The van der Waals surface area contributed by atoms with Gasteiger partial charge in [0.15, 0.2) is 0 Å². The highest BCUT2D eigenvalue weighted by atomic mass is 32.1. The fraction of sp³-hybridized carbons (Fsp3) is 0.214. The molecule has 1 N–H and O–H groups in total. The molecule has 18 heavy (non-hydrogen) atoms. The summed E-state index contributed by atoms with van der Waals surface area (Å²) in [6.07, 6.45) is 1.92. The van der Waals surface area contributed by atoms with Crippen molar-refractivity contribution in [2.45, 2.75) is 20.0 Å². The van der Waals surface area contributed by atoms with Gasteiger partial charge in [-0.1, -0.05) is 18.2 Å². The van der Waals surface area contributed by atoms with E-state index >= 15 is 0 Å². The Morgan fingerprint density at radius 1 is 1.28 bits per heavy atom. The SMILES string of the molecule is Cc1ncc(CNCc2cc3ccccc3o2)s1. The van der Waals surface area contributed by atoms with Crippen LogP contribution in [0.25, 0.3) is 11.0 Å². The number of aromatic nitrogens is 1. The van der Waals surface area contributed by atoms with E-state index in [0.717, 1.165) is 34.8 Å². The number of rotatable bonds is 4. The summed E-state index contributed by atoms with van der Waals surface area (Å²) in [5.41, 5.74) is 0.947. The summed E-state index contributed by atoms with van der Waals surface area (Å²) in [5.74, 6) is 0.970. The van der Waals surface area contributed by atoms with Gasteiger partial charge in [0.25, 0.3) is 0 Å². The predicted octanol–water partition coefficient (Wildman–Crippen LogP) is 3.49. The molecular formula is C14H14N2OS. The fourth-order valence-corrected chi connectivity index (χ4v) is 2.68. The van der Waals surface area contributed by atoms with E-state index in [4.69, 9.17) is 4.42 Å². The zero-order chi connectivity index (χ0) is 12.4. The Morgan fingerprint density at radius 2 is 2.17 bits per heavy atom. The lowest BCUT2D eigenvalue weighted by Gasteiger charge is -1.98. The van der Waals surface area contributed by atoms with Gasteiger partial charge in [0.2, 0.25) is 0 Å². The molecule has 0 unspecified atom stereocenters. The van der Waals surface area contributed by atoms with Crippen molar-refractivity contribution in [1.29, 1.82) is 0 Å². The van der Waals surface area contributed by atoms with Crippen molar-refractivity contribution in [2.24, 2.45) is 0 Å². The quantitative estimate of drug-likeness (QED) is 0.778. The molecule has 3 aromatic rings. The molecule has 0 saturated heterocycles. The lowest BCUT2D eigenvalue weighted by Crippen LogP contribution is -2.10. The Labute approximate surface area is 109 Å². The van der Waals surface area contributed by atoms with Crippen LogP contribution in [0.3, 0.4) is 0 Å². The number of hydrogen-bond donors (Lipinski definition) is 1. The third kappa shape index (κ3) is 2.44. The summed E-state index contributed by atoms with van der Waals surface area (Å²) in [6, 6.07) is 10.2. The molecule has 0 atom stereocenters. The van der Waals surface area contributed by atoms with Crippen LogP contribution in [-0.4, -0.2) is 4.98 Å². The van der Waals surface area contributed by atoms with Crippen LogP contribution >= 0.6 is 11.3 Å². The number of nitrogens with one attached hydrogen (secondary N) is 1. The van der Waals surface area contributed by atoms with Crippen LogP contribution in [0, 0.1) is 6.92 Å². The maximum absolute atomic E-state index is 5.74. The Kier molecular flexibility index (Phi) is 3.13. The maximum Gasteiger partial charge on any atom is 0.134 e. The highest BCUT2D eigenvalue weighted by Crippen LogP contribution is 2.18. The summed E-state index contributed by atoms with van der Waals surface area (Å²) in [6.45, 7) is 3.60. The number of thiazole rings is 1. The summed E-state index contributed by atoms with van der Waals surface area (Å²) >= 11 is 1.72.